The second kappa shape index (κ2) is 6.38. The van der Waals surface area contributed by atoms with Crippen LogP contribution in [-0.2, 0) is 19.3 Å². The molecule has 0 aliphatic heterocycles. The molecule has 0 saturated carbocycles. The first-order chi connectivity index (χ1) is 8.65. The third-order valence-corrected chi connectivity index (χ3v) is 3.79. The summed E-state index contributed by atoms with van der Waals surface area (Å²) in [5, 5.41) is 3.56. The van der Waals surface area contributed by atoms with Crippen LogP contribution in [0, 0.1) is 11.8 Å². The predicted octanol–water partition coefficient (Wildman–Crippen LogP) is 3.60. The van der Waals surface area contributed by atoms with E-state index in [-0.39, 0.29) is 0 Å². The monoisotopic (exact) mass is 245 g/mol. The first kappa shape index (κ1) is 13.6. The van der Waals surface area contributed by atoms with Crippen LogP contribution in [0.25, 0.3) is 0 Å². The van der Waals surface area contributed by atoms with E-state index in [1.54, 1.807) is 11.1 Å². The number of hydrogen-bond acceptors (Lipinski definition) is 1. The molecular formula is C17H27N. The minimum Gasteiger partial charge on any atom is -0.316 e. The molecule has 0 spiro atoms. The van der Waals surface area contributed by atoms with Crippen LogP contribution >= 0.6 is 0 Å². The lowest BCUT2D eigenvalue weighted by atomic mass is 9.98. The summed E-state index contributed by atoms with van der Waals surface area (Å²) in [6, 6.07) is 7.14. The highest BCUT2D eigenvalue weighted by Crippen LogP contribution is 2.23. The Kier molecular flexibility index (Phi) is 4.82. The van der Waals surface area contributed by atoms with Crippen LogP contribution in [0.3, 0.4) is 0 Å². The topological polar surface area (TPSA) is 12.0 Å². The molecule has 0 radical (unpaired) electrons. The fourth-order valence-electron chi connectivity index (χ4n) is 2.85. The van der Waals surface area contributed by atoms with E-state index in [4.69, 9.17) is 0 Å². The summed E-state index contributed by atoms with van der Waals surface area (Å²) in [6.07, 6.45) is 5.15. The SMILES string of the molecule is CC(C)CNCC(C)Cc1ccc2c(c1)CCC2. The molecule has 0 bridgehead atoms. The maximum atomic E-state index is 3.56. The van der Waals surface area contributed by atoms with Gasteiger partial charge in [-0.3, -0.25) is 0 Å². The zero-order chi connectivity index (χ0) is 13.0. The maximum absolute atomic E-state index is 3.56. The fourth-order valence-corrected chi connectivity index (χ4v) is 2.85. The molecule has 1 atom stereocenters. The van der Waals surface area contributed by atoms with Crippen LogP contribution in [0.15, 0.2) is 18.2 Å². The first-order valence-corrected chi connectivity index (χ1v) is 7.46. The Bertz CT molecular complexity index is 381. The molecule has 1 aromatic carbocycles. The van der Waals surface area contributed by atoms with Crippen molar-refractivity contribution in [3.8, 4) is 0 Å². The molecule has 1 nitrogen and oxygen atoms in total. The van der Waals surface area contributed by atoms with E-state index in [0.29, 0.717) is 0 Å². The van der Waals surface area contributed by atoms with Crippen molar-refractivity contribution in [2.24, 2.45) is 11.8 Å². The zero-order valence-electron chi connectivity index (χ0n) is 12.1. The van der Waals surface area contributed by atoms with Gasteiger partial charge in [0.1, 0.15) is 0 Å². The molecule has 18 heavy (non-hydrogen) atoms. The van der Waals surface area contributed by atoms with Crippen molar-refractivity contribution in [1.82, 2.24) is 5.32 Å². The summed E-state index contributed by atoms with van der Waals surface area (Å²) in [7, 11) is 0. The van der Waals surface area contributed by atoms with Gasteiger partial charge in [-0.2, -0.15) is 0 Å². The average molecular weight is 245 g/mol. The van der Waals surface area contributed by atoms with Crippen molar-refractivity contribution >= 4 is 0 Å². The van der Waals surface area contributed by atoms with Crippen molar-refractivity contribution in [2.75, 3.05) is 13.1 Å². The Morgan fingerprint density at radius 3 is 2.61 bits per heavy atom. The zero-order valence-corrected chi connectivity index (χ0v) is 12.1. The molecule has 1 aliphatic carbocycles. The van der Waals surface area contributed by atoms with Crippen molar-refractivity contribution in [3.63, 3.8) is 0 Å². The van der Waals surface area contributed by atoms with E-state index in [2.05, 4.69) is 44.3 Å². The molecule has 100 valence electrons. The second-order valence-electron chi connectivity index (χ2n) is 6.32. The number of fused-ring (bicyclic) bond motifs is 1. The summed E-state index contributed by atoms with van der Waals surface area (Å²) in [6.45, 7) is 9.14. The lowest BCUT2D eigenvalue weighted by molar-refractivity contribution is 0.473. The van der Waals surface area contributed by atoms with Gasteiger partial charge in [-0.25, -0.2) is 0 Å². The van der Waals surface area contributed by atoms with Crippen LogP contribution in [0.4, 0.5) is 0 Å². The fraction of sp³-hybridized carbons (Fsp3) is 0.647. The molecule has 1 unspecified atom stereocenters. The smallest absolute Gasteiger partial charge is 0.00199 e. The van der Waals surface area contributed by atoms with Gasteiger partial charge in [0, 0.05) is 0 Å². The third kappa shape index (κ3) is 3.84. The highest BCUT2D eigenvalue weighted by atomic mass is 14.9. The molecular weight excluding hydrogens is 218 g/mol. The lowest BCUT2D eigenvalue weighted by Gasteiger charge is -2.14. The van der Waals surface area contributed by atoms with Crippen molar-refractivity contribution < 1.29 is 0 Å². The van der Waals surface area contributed by atoms with E-state index in [9.17, 15) is 0 Å². The summed E-state index contributed by atoms with van der Waals surface area (Å²) < 4.78 is 0. The quantitative estimate of drug-likeness (QED) is 0.807. The summed E-state index contributed by atoms with van der Waals surface area (Å²) in [5.74, 6) is 1.47. The van der Waals surface area contributed by atoms with Crippen molar-refractivity contribution in [2.45, 2.75) is 46.5 Å². The molecule has 1 aliphatic rings. The minimum absolute atomic E-state index is 0.725. The number of nitrogens with one attached hydrogen (secondary N) is 1. The van der Waals surface area contributed by atoms with Crippen LogP contribution in [0.2, 0.25) is 0 Å². The summed E-state index contributed by atoms with van der Waals surface area (Å²) in [5.41, 5.74) is 4.72. The van der Waals surface area contributed by atoms with Gasteiger partial charge in [0.15, 0.2) is 0 Å². The predicted molar refractivity (Wildman–Crippen MR) is 79.0 cm³/mol. The molecule has 0 aromatic heterocycles. The molecule has 0 heterocycles. The van der Waals surface area contributed by atoms with Gasteiger partial charge in [0.05, 0.1) is 0 Å². The third-order valence-electron chi connectivity index (χ3n) is 3.79. The van der Waals surface area contributed by atoms with Crippen LogP contribution in [0.5, 0.6) is 0 Å². The Labute approximate surface area is 112 Å². The van der Waals surface area contributed by atoms with Gasteiger partial charge in [0.25, 0.3) is 0 Å². The van der Waals surface area contributed by atoms with E-state index in [1.807, 2.05) is 0 Å². The van der Waals surface area contributed by atoms with E-state index in [1.165, 1.54) is 31.2 Å². The minimum atomic E-state index is 0.725. The van der Waals surface area contributed by atoms with Gasteiger partial charge in [0.2, 0.25) is 0 Å². The van der Waals surface area contributed by atoms with Crippen LogP contribution < -0.4 is 5.32 Å². The van der Waals surface area contributed by atoms with Gasteiger partial charge in [-0.05, 0) is 67.3 Å². The Morgan fingerprint density at radius 1 is 1.06 bits per heavy atom. The summed E-state index contributed by atoms with van der Waals surface area (Å²) >= 11 is 0. The van der Waals surface area contributed by atoms with Gasteiger partial charge in [-0.1, -0.05) is 39.0 Å². The normalized spacial score (nSPS) is 16.0. The summed E-state index contributed by atoms with van der Waals surface area (Å²) in [4.78, 5) is 0. The molecule has 1 heteroatoms. The van der Waals surface area contributed by atoms with Crippen LogP contribution in [-0.4, -0.2) is 13.1 Å². The lowest BCUT2D eigenvalue weighted by Crippen LogP contribution is -2.26. The van der Waals surface area contributed by atoms with Crippen molar-refractivity contribution in [1.29, 1.82) is 0 Å². The number of benzene rings is 1. The average Bonchev–Trinajstić information content (AvgIpc) is 2.75. The Hall–Kier alpha value is -0.820. The number of hydrogen-bond donors (Lipinski definition) is 1. The maximum Gasteiger partial charge on any atom is -0.00199 e. The standard InChI is InChI=1S/C17H27N/c1-13(2)11-18-12-14(3)9-15-7-8-16-5-4-6-17(16)10-15/h7-8,10,13-14,18H,4-6,9,11-12H2,1-3H3. The van der Waals surface area contributed by atoms with Gasteiger partial charge < -0.3 is 5.32 Å². The van der Waals surface area contributed by atoms with E-state index in [0.717, 1.165) is 24.9 Å². The van der Waals surface area contributed by atoms with Crippen molar-refractivity contribution in [3.05, 3.63) is 34.9 Å². The Morgan fingerprint density at radius 2 is 1.83 bits per heavy atom. The van der Waals surface area contributed by atoms with E-state index < -0.39 is 0 Å². The molecule has 1 aromatic rings. The molecule has 2 rings (SSSR count). The van der Waals surface area contributed by atoms with E-state index >= 15 is 0 Å². The van der Waals surface area contributed by atoms with Gasteiger partial charge >= 0.3 is 0 Å². The highest BCUT2D eigenvalue weighted by molar-refractivity contribution is 5.35. The number of rotatable bonds is 6. The largest absolute Gasteiger partial charge is 0.316 e. The number of aryl methyl sites for hydroxylation is 2. The highest BCUT2D eigenvalue weighted by Gasteiger charge is 2.12. The molecule has 1 N–H and O–H groups in total. The Balaban J connectivity index is 1.82. The molecule has 0 saturated heterocycles. The van der Waals surface area contributed by atoms with Crippen LogP contribution in [0.1, 0.15) is 43.9 Å². The first-order valence-electron chi connectivity index (χ1n) is 7.46. The molecule has 0 amide bonds. The molecule has 0 fully saturated rings. The second-order valence-corrected chi connectivity index (χ2v) is 6.32. The van der Waals surface area contributed by atoms with Gasteiger partial charge in [-0.15, -0.1) is 0 Å².